The molecule has 0 amide bonds. The fourth-order valence-electron chi connectivity index (χ4n) is 1.93. The van der Waals surface area contributed by atoms with Gasteiger partial charge < -0.3 is 4.74 Å². The molecule has 0 fully saturated rings. The number of benzene rings is 2. The van der Waals surface area contributed by atoms with E-state index in [0.29, 0.717) is 10.8 Å². The SMILES string of the molecule is COc1ccc(C(Br)c2cc(C)cc(F)c2)c(Cl)c1. The minimum atomic E-state index is -0.246. The van der Waals surface area contributed by atoms with Crippen LogP contribution in [0.2, 0.25) is 5.02 Å². The van der Waals surface area contributed by atoms with Crippen LogP contribution >= 0.6 is 27.5 Å². The molecule has 0 bridgehead atoms. The Hall–Kier alpha value is -1.06. The molecule has 0 aliphatic heterocycles. The van der Waals surface area contributed by atoms with Crippen molar-refractivity contribution in [3.8, 4) is 5.75 Å². The van der Waals surface area contributed by atoms with Crippen molar-refractivity contribution in [1.29, 1.82) is 0 Å². The van der Waals surface area contributed by atoms with E-state index in [1.165, 1.54) is 12.1 Å². The highest BCUT2D eigenvalue weighted by Crippen LogP contribution is 2.37. The summed E-state index contributed by atoms with van der Waals surface area (Å²) in [4.78, 5) is -0.152. The summed E-state index contributed by atoms with van der Waals surface area (Å²) in [6, 6.07) is 10.4. The Kier molecular flexibility index (Phi) is 4.48. The topological polar surface area (TPSA) is 9.23 Å². The zero-order valence-corrected chi connectivity index (χ0v) is 12.9. The molecule has 100 valence electrons. The Morgan fingerprint density at radius 2 is 1.95 bits per heavy atom. The fraction of sp³-hybridized carbons (Fsp3) is 0.200. The maximum Gasteiger partial charge on any atom is 0.123 e. The molecule has 1 nitrogen and oxygen atoms in total. The molecule has 2 aromatic rings. The normalized spacial score (nSPS) is 12.3. The summed E-state index contributed by atoms with van der Waals surface area (Å²) in [6.07, 6.45) is 0. The van der Waals surface area contributed by atoms with Crippen molar-refractivity contribution in [2.75, 3.05) is 7.11 Å². The number of aryl methyl sites for hydroxylation is 1. The summed E-state index contributed by atoms with van der Waals surface area (Å²) < 4.78 is 18.6. The lowest BCUT2D eigenvalue weighted by Crippen LogP contribution is -1.96. The van der Waals surface area contributed by atoms with E-state index in [9.17, 15) is 4.39 Å². The molecule has 2 rings (SSSR count). The molecule has 1 unspecified atom stereocenters. The molecule has 0 N–H and O–H groups in total. The molecule has 0 spiro atoms. The number of rotatable bonds is 3. The first-order chi connectivity index (χ1) is 9.01. The van der Waals surface area contributed by atoms with Crippen LogP contribution in [0.4, 0.5) is 4.39 Å². The molecule has 1 atom stereocenters. The molecule has 0 aliphatic rings. The van der Waals surface area contributed by atoms with Gasteiger partial charge in [-0.1, -0.05) is 39.7 Å². The third-order valence-electron chi connectivity index (χ3n) is 2.84. The Morgan fingerprint density at radius 1 is 1.21 bits per heavy atom. The van der Waals surface area contributed by atoms with Crippen LogP contribution in [0, 0.1) is 12.7 Å². The quantitative estimate of drug-likeness (QED) is 0.689. The molecular weight excluding hydrogens is 331 g/mol. The van der Waals surface area contributed by atoms with Crippen LogP contribution in [0.25, 0.3) is 0 Å². The second-order valence-electron chi connectivity index (χ2n) is 4.31. The van der Waals surface area contributed by atoms with Gasteiger partial charge in [-0.2, -0.15) is 0 Å². The summed E-state index contributed by atoms with van der Waals surface area (Å²) in [6.45, 7) is 1.86. The maximum absolute atomic E-state index is 13.4. The first-order valence-electron chi connectivity index (χ1n) is 5.76. The second-order valence-corrected chi connectivity index (χ2v) is 5.63. The van der Waals surface area contributed by atoms with Crippen LogP contribution < -0.4 is 4.74 Å². The molecule has 0 saturated carbocycles. The lowest BCUT2D eigenvalue weighted by Gasteiger charge is -2.14. The number of hydrogen-bond acceptors (Lipinski definition) is 1. The van der Waals surface area contributed by atoms with Gasteiger partial charge >= 0.3 is 0 Å². The molecular formula is C15H13BrClFO. The monoisotopic (exact) mass is 342 g/mol. The summed E-state index contributed by atoms with van der Waals surface area (Å²) in [5.41, 5.74) is 2.60. The van der Waals surface area contributed by atoms with Crippen molar-refractivity contribution in [3.05, 3.63) is 63.9 Å². The molecule has 4 heteroatoms. The first kappa shape index (κ1) is 14.4. The second kappa shape index (κ2) is 5.93. The Balaban J connectivity index is 2.40. The Morgan fingerprint density at radius 3 is 2.53 bits per heavy atom. The third-order valence-corrected chi connectivity index (χ3v) is 4.19. The number of ether oxygens (including phenoxy) is 1. The van der Waals surface area contributed by atoms with Gasteiger partial charge in [-0.05, 0) is 47.9 Å². The fourth-order valence-corrected chi connectivity index (χ4v) is 3.01. The van der Waals surface area contributed by atoms with Crippen molar-refractivity contribution < 1.29 is 9.13 Å². The predicted molar refractivity (Wildman–Crippen MR) is 79.9 cm³/mol. The molecule has 0 radical (unpaired) electrons. The summed E-state index contributed by atoms with van der Waals surface area (Å²) in [5.74, 6) is 0.452. The number of alkyl halides is 1. The van der Waals surface area contributed by atoms with Crippen molar-refractivity contribution in [2.45, 2.75) is 11.8 Å². The zero-order valence-electron chi connectivity index (χ0n) is 10.6. The summed E-state index contributed by atoms with van der Waals surface area (Å²) in [5, 5.41) is 0.586. The largest absolute Gasteiger partial charge is 0.497 e. The molecule has 2 aromatic carbocycles. The van der Waals surface area contributed by atoms with E-state index in [-0.39, 0.29) is 10.6 Å². The van der Waals surface area contributed by atoms with Crippen molar-refractivity contribution >= 4 is 27.5 Å². The Labute approximate surface area is 125 Å². The lowest BCUT2D eigenvalue weighted by molar-refractivity contribution is 0.414. The third kappa shape index (κ3) is 3.28. The molecule has 0 aliphatic carbocycles. The van der Waals surface area contributed by atoms with Crippen LogP contribution in [-0.2, 0) is 0 Å². The van der Waals surface area contributed by atoms with Crippen LogP contribution in [0.15, 0.2) is 36.4 Å². The van der Waals surface area contributed by atoms with Gasteiger partial charge in [0.25, 0.3) is 0 Å². The van der Waals surface area contributed by atoms with Crippen LogP contribution in [0.1, 0.15) is 21.5 Å². The zero-order chi connectivity index (χ0) is 14.0. The molecule has 0 heterocycles. The number of halogens is 3. The van der Waals surface area contributed by atoms with Gasteiger partial charge in [0, 0.05) is 5.02 Å². The van der Waals surface area contributed by atoms with Crippen molar-refractivity contribution in [1.82, 2.24) is 0 Å². The number of methoxy groups -OCH3 is 1. The van der Waals surface area contributed by atoms with Gasteiger partial charge in [0.2, 0.25) is 0 Å². The minimum absolute atomic E-state index is 0.152. The summed E-state index contributed by atoms with van der Waals surface area (Å²) in [7, 11) is 1.59. The molecule has 19 heavy (non-hydrogen) atoms. The van der Waals surface area contributed by atoms with E-state index in [4.69, 9.17) is 16.3 Å². The first-order valence-corrected chi connectivity index (χ1v) is 7.05. The smallest absolute Gasteiger partial charge is 0.123 e. The van der Waals surface area contributed by atoms with E-state index < -0.39 is 0 Å². The van der Waals surface area contributed by atoms with Gasteiger partial charge in [-0.25, -0.2) is 4.39 Å². The van der Waals surface area contributed by atoms with E-state index in [1.807, 2.05) is 25.1 Å². The lowest BCUT2D eigenvalue weighted by atomic mass is 10.0. The minimum Gasteiger partial charge on any atom is -0.497 e. The highest BCUT2D eigenvalue weighted by atomic mass is 79.9. The standard InChI is InChI=1S/C15H13BrClFO/c1-9-5-10(7-11(18)6-9)15(16)13-4-3-12(19-2)8-14(13)17/h3-8,15H,1-2H3. The van der Waals surface area contributed by atoms with Gasteiger partial charge in [0.1, 0.15) is 11.6 Å². The van der Waals surface area contributed by atoms with Crippen molar-refractivity contribution in [3.63, 3.8) is 0 Å². The van der Waals surface area contributed by atoms with E-state index in [0.717, 1.165) is 16.7 Å². The van der Waals surface area contributed by atoms with E-state index >= 15 is 0 Å². The van der Waals surface area contributed by atoms with E-state index in [2.05, 4.69) is 15.9 Å². The van der Waals surface area contributed by atoms with Crippen LogP contribution in [0.5, 0.6) is 5.75 Å². The van der Waals surface area contributed by atoms with Gasteiger partial charge in [-0.15, -0.1) is 0 Å². The molecule has 0 aromatic heterocycles. The van der Waals surface area contributed by atoms with Crippen molar-refractivity contribution in [2.24, 2.45) is 0 Å². The van der Waals surface area contributed by atoms with E-state index in [1.54, 1.807) is 13.2 Å². The Bertz CT molecular complexity index is 580. The highest BCUT2D eigenvalue weighted by molar-refractivity contribution is 9.09. The van der Waals surface area contributed by atoms with Gasteiger partial charge in [0.15, 0.2) is 0 Å². The predicted octanol–water partition coefficient (Wildman–Crippen LogP) is 5.28. The van der Waals surface area contributed by atoms with Gasteiger partial charge in [-0.3, -0.25) is 0 Å². The average Bonchev–Trinajstić information content (AvgIpc) is 2.36. The maximum atomic E-state index is 13.4. The van der Waals surface area contributed by atoms with Gasteiger partial charge in [0.05, 0.1) is 11.9 Å². The highest BCUT2D eigenvalue weighted by Gasteiger charge is 2.15. The number of hydrogen-bond donors (Lipinski definition) is 0. The van der Waals surface area contributed by atoms with Crippen LogP contribution in [0.3, 0.4) is 0 Å². The van der Waals surface area contributed by atoms with Crippen LogP contribution in [-0.4, -0.2) is 7.11 Å². The molecule has 0 saturated heterocycles. The summed E-state index contributed by atoms with van der Waals surface area (Å²) >= 11 is 9.80. The average molecular weight is 344 g/mol.